The van der Waals surface area contributed by atoms with E-state index in [0.29, 0.717) is 19.0 Å². The van der Waals surface area contributed by atoms with E-state index in [1.165, 1.54) is 19.2 Å². The number of rotatable bonds is 3. The van der Waals surface area contributed by atoms with Crippen molar-refractivity contribution in [2.45, 2.75) is 6.10 Å². The molecule has 1 aliphatic rings. The van der Waals surface area contributed by atoms with Gasteiger partial charge >= 0.3 is 5.69 Å². The molecule has 86 valence electrons. The van der Waals surface area contributed by atoms with Gasteiger partial charge in [-0.3, -0.25) is 10.1 Å². The fraction of sp³-hybridized carbons (Fsp3) is 0.444. The normalized spacial score (nSPS) is 15.8. The van der Waals surface area contributed by atoms with Crippen molar-refractivity contribution >= 4 is 11.5 Å². The number of aliphatic hydroxyl groups excluding tert-OH is 1. The summed E-state index contributed by atoms with van der Waals surface area (Å²) in [5.74, 6) is 0.566. The Morgan fingerprint density at radius 1 is 1.62 bits per heavy atom. The van der Waals surface area contributed by atoms with Gasteiger partial charge in [-0.15, -0.1) is 0 Å². The van der Waals surface area contributed by atoms with Gasteiger partial charge in [-0.05, 0) is 0 Å². The van der Waals surface area contributed by atoms with E-state index in [4.69, 9.17) is 9.84 Å². The van der Waals surface area contributed by atoms with E-state index in [1.54, 1.807) is 4.90 Å². The number of aromatic nitrogens is 1. The summed E-state index contributed by atoms with van der Waals surface area (Å²) in [7, 11) is 1.45. The van der Waals surface area contributed by atoms with Crippen molar-refractivity contribution < 1.29 is 14.8 Å². The van der Waals surface area contributed by atoms with Crippen LogP contribution in [0.2, 0.25) is 0 Å². The van der Waals surface area contributed by atoms with Crippen LogP contribution < -0.4 is 9.64 Å². The number of methoxy groups -OCH3 is 1. The molecule has 1 aromatic heterocycles. The molecule has 0 unspecified atom stereocenters. The van der Waals surface area contributed by atoms with E-state index < -0.39 is 11.0 Å². The number of ether oxygens (including phenoxy) is 1. The van der Waals surface area contributed by atoms with Crippen molar-refractivity contribution in [3.8, 4) is 5.88 Å². The van der Waals surface area contributed by atoms with Crippen LogP contribution in [0.4, 0.5) is 11.5 Å². The lowest BCUT2D eigenvalue weighted by Gasteiger charge is -2.36. The molecule has 7 nitrogen and oxygen atoms in total. The van der Waals surface area contributed by atoms with E-state index in [0.717, 1.165) is 0 Å². The minimum Gasteiger partial charge on any atom is -0.481 e. The van der Waals surface area contributed by atoms with Gasteiger partial charge in [-0.1, -0.05) is 0 Å². The van der Waals surface area contributed by atoms with Gasteiger partial charge in [0.15, 0.2) is 0 Å². The first-order valence-corrected chi connectivity index (χ1v) is 4.74. The van der Waals surface area contributed by atoms with E-state index >= 15 is 0 Å². The number of anilines is 1. The van der Waals surface area contributed by atoms with Crippen LogP contribution in [0.3, 0.4) is 0 Å². The summed E-state index contributed by atoms with van der Waals surface area (Å²) in [6.45, 7) is 0.724. The maximum atomic E-state index is 10.8. The average Bonchev–Trinajstić information content (AvgIpc) is 2.23. The topological polar surface area (TPSA) is 88.7 Å². The Balaban J connectivity index is 2.35. The molecule has 0 aliphatic carbocycles. The second-order valence-corrected chi connectivity index (χ2v) is 3.51. The third-order valence-corrected chi connectivity index (χ3v) is 2.40. The van der Waals surface area contributed by atoms with Crippen LogP contribution in [0.5, 0.6) is 5.88 Å². The predicted octanol–water partition coefficient (Wildman–Crippen LogP) is 0.179. The lowest BCUT2D eigenvalue weighted by Crippen LogP contribution is -2.51. The van der Waals surface area contributed by atoms with Gasteiger partial charge in [0.1, 0.15) is 0 Å². The molecule has 16 heavy (non-hydrogen) atoms. The summed E-state index contributed by atoms with van der Waals surface area (Å²) >= 11 is 0. The molecular weight excluding hydrogens is 214 g/mol. The molecule has 1 saturated heterocycles. The first-order valence-electron chi connectivity index (χ1n) is 4.74. The van der Waals surface area contributed by atoms with Crippen molar-refractivity contribution in [2.24, 2.45) is 0 Å². The van der Waals surface area contributed by atoms with E-state index in [1.807, 2.05) is 0 Å². The Hall–Kier alpha value is -1.89. The third kappa shape index (κ3) is 1.76. The molecule has 1 fully saturated rings. The minimum absolute atomic E-state index is 0.0762. The summed E-state index contributed by atoms with van der Waals surface area (Å²) in [5.41, 5.74) is -0.0762. The molecule has 2 heterocycles. The summed E-state index contributed by atoms with van der Waals surface area (Å²) < 4.78 is 4.91. The molecule has 0 atom stereocenters. The van der Waals surface area contributed by atoms with Crippen LogP contribution in [-0.4, -0.2) is 41.3 Å². The van der Waals surface area contributed by atoms with Crippen molar-refractivity contribution in [1.82, 2.24) is 4.98 Å². The lowest BCUT2D eigenvalue weighted by atomic mass is 10.1. The maximum Gasteiger partial charge on any atom is 0.311 e. The van der Waals surface area contributed by atoms with Gasteiger partial charge in [0, 0.05) is 25.2 Å². The highest BCUT2D eigenvalue weighted by molar-refractivity contribution is 5.60. The molecule has 1 aliphatic heterocycles. The molecule has 0 radical (unpaired) electrons. The molecule has 0 bridgehead atoms. The number of pyridine rings is 1. The molecule has 0 aromatic carbocycles. The molecule has 7 heteroatoms. The fourth-order valence-electron chi connectivity index (χ4n) is 1.54. The smallest absolute Gasteiger partial charge is 0.311 e. The van der Waals surface area contributed by atoms with Crippen molar-refractivity contribution in [3.63, 3.8) is 0 Å². The Kier molecular flexibility index (Phi) is 2.61. The van der Waals surface area contributed by atoms with Gasteiger partial charge < -0.3 is 14.7 Å². The predicted molar refractivity (Wildman–Crippen MR) is 55.7 cm³/mol. The standard InChI is InChI=1S/C9H11N3O4/c1-16-8-3-2-7(12(14)15)9(10-8)11-4-6(13)5-11/h2-3,6,13H,4-5H2,1H3. The van der Waals surface area contributed by atoms with Crippen molar-refractivity contribution in [3.05, 3.63) is 22.2 Å². The summed E-state index contributed by atoms with van der Waals surface area (Å²) in [5, 5.41) is 19.9. The number of β-amino-alcohol motifs (C(OH)–C–C–N with tert-alkyl or cyclic N) is 1. The minimum atomic E-state index is -0.494. The molecule has 0 saturated carbocycles. The van der Waals surface area contributed by atoms with Gasteiger partial charge in [-0.2, -0.15) is 4.98 Å². The van der Waals surface area contributed by atoms with E-state index in [9.17, 15) is 10.1 Å². The number of hydrogen-bond acceptors (Lipinski definition) is 6. The Morgan fingerprint density at radius 3 is 2.81 bits per heavy atom. The van der Waals surface area contributed by atoms with Gasteiger partial charge in [-0.25, -0.2) is 0 Å². The second kappa shape index (κ2) is 3.93. The van der Waals surface area contributed by atoms with Crippen LogP contribution >= 0.6 is 0 Å². The Morgan fingerprint density at radius 2 is 2.31 bits per heavy atom. The Labute approximate surface area is 91.4 Å². The van der Waals surface area contributed by atoms with Gasteiger partial charge in [0.2, 0.25) is 11.7 Å². The highest BCUT2D eigenvalue weighted by atomic mass is 16.6. The monoisotopic (exact) mass is 225 g/mol. The van der Waals surface area contributed by atoms with Crippen LogP contribution in [0.15, 0.2) is 12.1 Å². The molecule has 0 amide bonds. The molecule has 0 spiro atoms. The maximum absolute atomic E-state index is 10.8. The third-order valence-electron chi connectivity index (χ3n) is 2.40. The van der Waals surface area contributed by atoms with Crippen LogP contribution in [0, 0.1) is 10.1 Å². The molecular formula is C9H11N3O4. The number of hydrogen-bond donors (Lipinski definition) is 1. The van der Waals surface area contributed by atoms with Crippen LogP contribution in [-0.2, 0) is 0 Å². The summed E-state index contributed by atoms with van der Waals surface area (Å²) in [6, 6.07) is 2.80. The quantitative estimate of drug-likeness (QED) is 0.583. The van der Waals surface area contributed by atoms with Crippen LogP contribution in [0.1, 0.15) is 0 Å². The summed E-state index contributed by atoms with van der Waals surface area (Å²) in [4.78, 5) is 16.0. The zero-order valence-corrected chi connectivity index (χ0v) is 8.66. The fourth-order valence-corrected chi connectivity index (χ4v) is 1.54. The summed E-state index contributed by atoms with van der Waals surface area (Å²) in [6.07, 6.45) is -0.437. The highest BCUT2D eigenvalue weighted by Crippen LogP contribution is 2.31. The van der Waals surface area contributed by atoms with Crippen LogP contribution in [0.25, 0.3) is 0 Å². The second-order valence-electron chi connectivity index (χ2n) is 3.51. The lowest BCUT2D eigenvalue weighted by molar-refractivity contribution is -0.384. The zero-order valence-electron chi connectivity index (χ0n) is 8.66. The number of nitro groups is 1. The zero-order chi connectivity index (χ0) is 11.7. The van der Waals surface area contributed by atoms with E-state index in [2.05, 4.69) is 4.98 Å². The van der Waals surface area contributed by atoms with Crippen molar-refractivity contribution in [1.29, 1.82) is 0 Å². The largest absolute Gasteiger partial charge is 0.481 e. The van der Waals surface area contributed by atoms with Gasteiger partial charge in [0.25, 0.3) is 0 Å². The number of aliphatic hydroxyl groups is 1. The first-order chi connectivity index (χ1) is 7.61. The first kappa shape index (κ1) is 10.6. The molecule has 1 N–H and O–H groups in total. The van der Waals surface area contributed by atoms with E-state index in [-0.39, 0.29) is 11.5 Å². The SMILES string of the molecule is COc1ccc([N+](=O)[O-])c(N2CC(O)C2)n1. The van der Waals surface area contributed by atoms with Crippen molar-refractivity contribution in [2.75, 3.05) is 25.1 Å². The van der Waals surface area contributed by atoms with Gasteiger partial charge in [0.05, 0.1) is 18.1 Å². The number of nitrogens with zero attached hydrogens (tertiary/aromatic N) is 3. The molecule has 2 rings (SSSR count). The average molecular weight is 225 g/mol. The molecule has 1 aromatic rings. The Bertz CT molecular complexity index is 417. The highest BCUT2D eigenvalue weighted by Gasteiger charge is 2.31.